The Bertz CT molecular complexity index is 2650. The van der Waals surface area contributed by atoms with Crippen molar-refractivity contribution in [3.8, 4) is 44.9 Å². The van der Waals surface area contributed by atoms with Crippen molar-refractivity contribution in [2.45, 2.75) is 31.1 Å². The summed E-state index contributed by atoms with van der Waals surface area (Å²) >= 11 is 0. The Kier molecular flexibility index (Phi) is 10.1. The minimum Gasteiger partial charge on any atom is -0.493 e. The second-order valence-corrected chi connectivity index (χ2v) is 15.0. The number of carboxylic acids is 2. The summed E-state index contributed by atoms with van der Waals surface area (Å²) in [4.78, 5) is 22.5. The van der Waals surface area contributed by atoms with Crippen LogP contribution in [0.2, 0.25) is 0 Å². The number of rotatable bonds is 14. The van der Waals surface area contributed by atoms with Crippen LogP contribution in [-0.4, -0.2) is 35.4 Å². The standard InChI is InChI=1S/C53H42O6/c54-49(55)21-11-31-58-47-29-23-37-33-39(25-27-41(37)51(47)35-13-3-1-4-14-35)53(45-19-9-7-17-43(45)44-18-8-10-20-46(44)53)40-26-28-42-38(34-40)24-30-48(59-32-12-22-50(56)57)52(42)36-15-5-2-6-16-36/h1-10,13-20,23-30,33-34H,11-12,21-22,31-32H2,(H,54,55)(H,56,57). The second-order valence-electron chi connectivity index (χ2n) is 15.0. The maximum absolute atomic E-state index is 11.2. The Balaban J connectivity index is 1.24. The third-order valence-corrected chi connectivity index (χ3v) is 11.5. The average molecular weight is 775 g/mol. The summed E-state index contributed by atoms with van der Waals surface area (Å²) in [5.41, 5.74) is 10.5. The van der Waals surface area contributed by atoms with E-state index in [0.717, 1.165) is 66.4 Å². The van der Waals surface area contributed by atoms with Gasteiger partial charge in [-0.1, -0.05) is 146 Å². The van der Waals surface area contributed by atoms with Crippen LogP contribution in [-0.2, 0) is 15.0 Å². The van der Waals surface area contributed by atoms with Crippen molar-refractivity contribution in [3.05, 3.63) is 192 Å². The van der Waals surface area contributed by atoms with Crippen molar-refractivity contribution < 1.29 is 29.3 Å². The number of ether oxygens (including phenoxy) is 2. The molecule has 2 N–H and O–H groups in total. The van der Waals surface area contributed by atoms with Crippen molar-refractivity contribution in [1.82, 2.24) is 0 Å². The Labute approximate surface area is 342 Å². The van der Waals surface area contributed by atoms with Gasteiger partial charge in [-0.15, -0.1) is 0 Å². The van der Waals surface area contributed by atoms with Crippen LogP contribution in [0.25, 0.3) is 54.9 Å². The van der Waals surface area contributed by atoms with E-state index in [2.05, 4.69) is 121 Å². The predicted octanol–water partition coefficient (Wildman–Crippen LogP) is 12.2. The molecule has 0 amide bonds. The maximum Gasteiger partial charge on any atom is 0.303 e. The highest BCUT2D eigenvalue weighted by molar-refractivity contribution is 6.03. The molecule has 6 nitrogen and oxygen atoms in total. The normalized spacial score (nSPS) is 12.5. The van der Waals surface area contributed by atoms with Crippen LogP contribution < -0.4 is 9.47 Å². The van der Waals surface area contributed by atoms with Gasteiger partial charge in [-0.3, -0.25) is 9.59 Å². The molecule has 8 aromatic rings. The first-order valence-electron chi connectivity index (χ1n) is 20.1. The zero-order valence-electron chi connectivity index (χ0n) is 32.4. The summed E-state index contributed by atoms with van der Waals surface area (Å²) in [6.45, 7) is 0.609. The molecule has 6 heteroatoms. The van der Waals surface area contributed by atoms with Crippen LogP contribution in [0.4, 0.5) is 0 Å². The number of aliphatic carboxylic acids is 2. The fraction of sp³-hybridized carbons (Fsp3) is 0.132. The number of hydrogen-bond donors (Lipinski definition) is 2. The predicted molar refractivity (Wildman–Crippen MR) is 234 cm³/mol. The fourth-order valence-corrected chi connectivity index (χ4v) is 8.97. The molecule has 0 saturated heterocycles. The Morgan fingerprint density at radius 3 is 1.29 bits per heavy atom. The van der Waals surface area contributed by atoms with E-state index in [0.29, 0.717) is 26.1 Å². The van der Waals surface area contributed by atoms with E-state index in [9.17, 15) is 19.8 Å². The lowest BCUT2D eigenvalue weighted by Gasteiger charge is -2.34. The van der Waals surface area contributed by atoms with E-state index in [1.165, 1.54) is 22.3 Å². The lowest BCUT2D eigenvalue weighted by atomic mass is 9.67. The lowest BCUT2D eigenvalue weighted by molar-refractivity contribution is -0.138. The third-order valence-electron chi connectivity index (χ3n) is 11.5. The Hall–Kier alpha value is -7.18. The van der Waals surface area contributed by atoms with Crippen molar-refractivity contribution in [2.75, 3.05) is 13.2 Å². The minimum absolute atomic E-state index is 0.0501. The summed E-state index contributed by atoms with van der Waals surface area (Å²) in [5.74, 6) is -0.221. The Morgan fingerprint density at radius 2 is 0.864 bits per heavy atom. The molecule has 0 aliphatic heterocycles. The van der Waals surface area contributed by atoms with Gasteiger partial charge < -0.3 is 19.7 Å². The molecular formula is C53H42O6. The van der Waals surface area contributed by atoms with E-state index in [1.54, 1.807) is 0 Å². The summed E-state index contributed by atoms with van der Waals surface area (Å²) in [5, 5.41) is 22.7. The van der Waals surface area contributed by atoms with Crippen molar-refractivity contribution in [1.29, 1.82) is 0 Å². The molecule has 0 aromatic heterocycles. The van der Waals surface area contributed by atoms with Gasteiger partial charge in [0, 0.05) is 24.0 Å². The molecule has 0 heterocycles. The summed E-state index contributed by atoms with van der Waals surface area (Å²) in [6.07, 6.45) is 0.937. The molecule has 0 saturated carbocycles. The van der Waals surface area contributed by atoms with Gasteiger partial charge in [0.2, 0.25) is 0 Å². The smallest absolute Gasteiger partial charge is 0.303 e. The number of hydrogen-bond acceptors (Lipinski definition) is 4. The highest BCUT2D eigenvalue weighted by atomic mass is 16.5. The molecule has 0 radical (unpaired) electrons. The van der Waals surface area contributed by atoms with Gasteiger partial charge in [-0.2, -0.15) is 0 Å². The topological polar surface area (TPSA) is 93.1 Å². The fourth-order valence-electron chi connectivity index (χ4n) is 8.97. The van der Waals surface area contributed by atoms with Gasteiger partial charge >= 0.3 is 11.9 Å². The van der Waals surface area contributed by atoms with Crippen LogP contribution in [0, 0.1) is 0 Å². The van der Waals surface area contributed by atoms with Crippen LogP contribution >= 0.6 is 0 Å². The van der Waals surface area contributed by atoms with Crippen LogP contribution in [0.3, 0.4) is 0 Å². The van der Waals surface area contributed by atoms with Gasteiger partial charge in [0.05, 0.1) is 18.6 Å². The molecule has 1 aliphatic carbocycles. The molecular weight excluding hydrogens is 733 g/mol. The van der Waals surface area contributed by atoms with Crippen molar-refractivity contribution >= 4 is 33.5 Å². The molecule has 0 bridgehead atoms. The van der Waals surface area contributed by atoms with E-state index in [-0.39, 0.29) is 12.8 Å². The summed E-state index contributed by atoms with van der Waals surface area (Å²) in [7, 11) is 0. The van der Waals surface area contributed by atoms with Crippen molar-refractivity contribution in [2.24, 2.45) is 0 Å². The zero-order chi connectivity index (χ0) is 40.3. The van der Waals surface area contributed by atoms with E-state index in [4.69, 9.17) is 9.47 Å². The first-order valence-corrected chi connectivity index (χ1v) is 20.1. The van der Waals surface area contributed by atoms with Gasteiger partial charge in [-0.25, -0.2) is 0 Å². The molecule has 0 spiro atoms. The second kappa shape index (κ2) is 16.0. The van der Waals surface area contributed by atoms with Gasteiger partial charge in [-0.05, 0) is 103 Å². The number of benzene rings is 8. The third kappa shape index (κ3) is 6.87. The average Bonchev–Trinajstić information content (AvgIpc) is 3.57. The van der Waals surface area contributed by atoms with Crippen molar-refractivity contribution in [3.63, 3.8) is 0 Å². The summed E-state index contributed by atoms with van der Waals surface area (Å²) in [6, 6.07) is 59.7. The number of carbonyl (C=O) groups is 2. The van der Waals surface area contributed by atoms with Gasteiger partial charge in [0.25, 0.3) is 0 Å². The highest BCUT2D eigenvalue weighted by Gasteiger charge is 2.46. The zero-order valence-corrected chi connectivity index (χ0v) is 32.4. The van der Waals surface area contributed by atoms with Crippen LogP contribution in [0.15, 0.2) is 170 Å². The highest BCUT2D eigenvalue weighted by Crippen LogP contribution is 2.57. The molecule has 59 heavy (non-hydrogen) atoms. The molecule has 8 aromatic carbocycles. The van der Waals surface area contributed by atoms with E-state index < -0.39 is 17.4 Å². The first kappa shape index (κ1) is 37.4. The Morgan fingerprint density at radius 1 is 0.458 bits per heavy atom. The SMILES string of the molecule is O=C(O)CCCOc1ccc2cc(C3(c4ccc5c(-c6ccccc6)c(OCCCC(=O)O)ccc5c4)c4ccccc4-c4ccccc43)ccc2c1-c1ccccc1. The monoisotopic (exact) mass is 774 g/mol. The minimum atomic E-state index is -0.835. The van der Waals surface area contributed by atoms with E-state index in [1.807, 2.05) is 48.5 Å². The molecule has 0 atom stereocenters. The molecule has 9 rings (SSSR count). The number of fused-ring (bicyclic) bond motifs is 5. The number of carboxylic acid groups (broad SMARTS) is 2. The van der Waals surface area contributed by atoms with Gasteiger partial charge in [0.1, 0.15) is 11.5 Å². The largest absolute Gasteiger partial charge is 0.493 e. The van der Waals surface area contributed by atoms with Gasteiger partial charge in [0.15, 0.2) is 0 Å². The maximum atomic E-state index is 11.2. The quantitative estimate of drug-likeness (QED) is 0.107. The lowest BCUT2D eigenvalue weighted by Crippen LogP contribution is -2.28. The summed E-state index contributed by atoms with van der Waals surface area (Å²) < 4.78 is 12.6. The molecule has 0 fully saturated rings. The molecule has 290 valence electrons. The first-order chi connectivity index (χ1) is 28.9. The van der Waals surface area contributed by atoms with Crippen LogP contribution in [0.5, 0.6) is 11.5 Å². The van der Waals surface area contributed by atoms with E-state index >= 15 is 0 Å². The molecule has 1 aliphatic rings. The van der Waals surface area contributed by atoms with Crippen LogP contribution in [0.1, 0.15) is 47.9 Å². The molecule has 0 unspecified atom stereocenters.